The van der Waals surface area contributed by atoms with Gasteiger partial charge in [-0.3, -0.25) is 24.0 Å². The van der Waals surface area contributed by atoms with Crippen LogP contribution in [-0.2, 0) is 22.7 Å². The lowest BCUT2D eigenvalue weighted by Gasteiger charge is -2.43. The molecule has 0 radical (unpaired) electrons. The van der Waals surface area contributed by atoms with Crippen LogP contribution in [0.15, 0.2) is 54.6 Å². The van der Waals surface area contributed by atoms with Crippen LogP contribution in [0.1, 0.15) is 35.6 Å². The Balaban J connectivity index is 1.65. The van der Waals surface area contributed by atoms with Crippen LogP contribution in [0, 0.1) is 6.92 Å². The highest BCUT2D eigenvalue weighted by Gasteiger charge is 2.48. The Labute approximate surface area is 197 Å². The summed E-state index contributed by atoms with van der Waals surface area (Å²) in [6, 6.07) is 16.0. The molecule has 3 aromatic rings. The van der Waals surface area contributed by atoms with E-state index < -0.39 is 5.54 Å². The van der Waals surface area contributed by atoms with E-state index in [9.17, 15) is 14.4 Å². The summed E-state index contributed by atoms with van der Waals surface area (Å²) in [4.78, 5) is 40.0. The number of carbonyl (C=O) groups excluding carboxylic acids is 3. The average molecular weight is 462 g/mol. The number of methoxy groups -OCH3 is 1. The van der Waals surface area contributed by atoms with Crippen LogP contribution in [0.3, 0.4) is 0 Å². The Morgan fingerprint density at radius 3 is 2.41 bits per heavy atom. The first-order valence-corrected chi connectivity index (χ1v) is 10.9. The largest absolute Gasteiger partial charge is 0.497 e. The monoisotopic (exact) mass is 461 g/mol. The molecular weight excluding hydrogens is 434 g/mol. The van der Waals surface area contributed by atoms with Crippen molar-refractivity contribution in [2.24, 2.45) is 0 Å². The van der Waals surface area contributed by atoms with Gasteiger partial charge in [-0.1, -0.05) is 12.1 Å². The Kier molecular flexibility index (Phi) is 6.10. The van der Waals surface area contributed by atoms with E-state index in [1.54, 1.807) is 49.0 Å². The van der Waals surface area contributed by atoms with Crippen molar-refractivity contribution in [3.8, 4) is 5.75 Å². The molecule has 0 saturated heterocycles. The van der Waals surface area contributed by atoms with Gasteiger partial charge in [-0.05, 0) is 61.9 Å². The van der Waals surface area contributed by atoms with Crippen molar-refractivity contribution >= 4 is 29.1 Å². The molecule has 0 bridgehead atoms. The van der Waals surface area contributed by atoms with Gasteiger partial charge in [0.1, 0.15) is 17.0 Å². The molecule has 0 aliphatic carbocycles. The number of amides is 3. The maximum absolute atomic E-state index is 13.6. The average Bonchev–Trinajstić information content (AvgIpc) is 3.18. The van der Waals surface area contributed by atoms with Crippen molar-refractivity contribution in [3.63, 3.8) is 0 Å². The minimum absolute atomic E-state index is 0.191. The summed E-state index contributed by atoms with van der Waals surface area (Å²) in [5, 5.41) is 10.1. The predicted molar refractivity (Wildman–Crippen MR) is 128 cm³/mol. The highest BCUT2D eigenvalue weighted by atomic mass is 16.5. The van der Waals surface area contributed by atoms with Crippen molar-refractivity contribution in [1.29, 1.82) is 0 Å². The minimum atomic E-state index is -1.23. The zero-order valence-corrected chi connectivity index (χ0v) is 19.6. The number of aromatic nitrogens is 2. The second-order valence-electron chi connectivity index (χ2n) is 8.50. The van der Waals surface area contributed by atoms with Crippen LogP contribution in [0.4, 0.5) is 11.4 Å². The van der Waals surface area contributed by atoms with Gasteiger partial charge in [0.15, 0.2) is 0 Å². The van der Waals surface area contributed by atoms with E-state index in [1.165, 1.54) is 11.8 Å². The molecule has 3 amide bonds. The summed E-state index contributed by atoms with van der Waals surface area (Å²) in [6.45, 7) is 5.47. The van der Waals surface area contributed by atoms with Crippen molar-refractivity contribution in [1.82, 2.24) is 15.1 Å². The third-order valence-electron chi connectivity index (χ3n) is 5.82. The topological polar surface area (TPSA) is 106 Å². The number of benzene rings is 2. The first-order chi connectivity index (χ1) is 16.2. The Hall–Kier alpha value is -4.14. The molecule has 2 aromatic carbocycles. The third-order valence-corrected chi connectivity index (χ3v) is 5.82. The van der Waals surface area contributed by atoms with Crippen LogP contribution in [-0.4, -0.2) is 40.2 Å². The fourth-order valence-electron chi connectivity index (χ4n) is 4.13. The third kappa shape index (κ3) is 4.36. The first kappa shape index (κ1) is 23.0. The number of anilines is 2. The highest BCUT2D eigenvalue weighted by Crippen LogP contribution is 2.33. The molecule has 2 N–H and O–H groups in total. The standard InChI is InChI=1S/C25H27N5O4/c1-16-13-22-23(32)30(20-9-7-19(8-10-20)27-17(2)31)25(3,15-29(22)28-16)24(33)26-14-18-5-11-21(34-4)12-6-18/h5-13H,14-15H2,1-4H3,(H,26,33)(H,27,31). The zero-order valence-electron chi connectivity index (χ0n) is 19.6. The number of hydrogen-bond donors (Lipinski definition) is 2. The maximum atomic E-state index is 13.6. The molecule has 0 saturated carbocycles. The van der Waals surface area contributed by atoms with Crippen LogP contribution in [0.5, 0.6) is 5.75 Å². The molecule has 1 aromatic heterocycles. The summed E-state index contributed by atoms with van der Waals surface area (Å²) < 4.78 is 6.77. The van der Waals surface area contributed by atoms with Crippen LogP contribution in [0.2, 0.25) is 0 Å². The van der Waals surface area contributed by atoms with Gasteiger partial charge in [-0.25, -0.2) is 0 Å². The number of rotatable bonds is 6. The normalized spacial score (nSPS) is 17.2. The molecule has 4 rings (SSSR count). The zero-order chi connectivity index (χ0) is 24.5. The molecule has 1 atom stereocenters. The van der Waals surface area contributed by atoms with Gasteiger partial charge in [0.2, 0.25) is 11.8 Å². The summed E-state index contributed by atoms with van der Waals surface area (Å²) in [7, 11) is 1.60. The van der Waals surface area contributed by atoms with Crippen molar-refractivity contribution in [3.05, 3.63) is 71.5 Å². The number of carbonyl (C=O) groups is 3. The number of fused-ring (bicyclic) bond motifs is 1. The van der Waals surface area contributed by atoms with E-state index in [2.05, 4.69) is 15.7 Å². The highest BCUT2D eigenvalue weighted by molar-refractivity contribution is 6.12. The predicted octanol–water partition coefficient (Wildman–Crippen LogP) is 2.89. The first-order valence-electron chi connectivity index (χ1n) is 10.9. The SMILES string of the molecule is COc1ccc(CNC(=O)C2(C)Cn3nc(C)cc3C(=O)N2c2ccc(NC(C)=O)cc2)cc1. The van der Waals surface area contributed by atoms with Gasteiger partial charge < -0.3 is 15.4 Å². The Morgan fingerprint density at radius 1 is 1.12 bits per heavy atom. The van der Waals surface area contributed by atoms with Gasteiger partial charge in [0, 0.05) is 24.8 Å². The van der Waals surface area contributed by atoms with E-state index in [-0.39, 0.29) is 24.3 Å². The molecule has 1 unspecified atom stereocenters. The van der Waals surface area contributed by atoms with E-state index >= 15 is 0 Å². The Bertz CT molecular complexity index is 1230. The van der Waals surface area contributed by atoms with Crippen molar-refractivity contribution < 1.29 is 19.1 Å². The smallest absolute Gasteiger partial charge is 0.277 e. The van der Waals surface area contributed by atoms with Gasteiger partial charge in [-0.15, -0.1) is 0 Å². The fourth-order valence-corrected chi connectivity index (χ4v) is 4.13. The summed E-state index contributed by atoms with van der Waals surface area (Å²) in [6.07, 6.45) is 0. The second-order valence-corrected chi connectivity index (χ2v) is 8.50. The van der Waals surface area contributed by atoms with Gasteiger partial charge in [0.25, 0.3) is 5.91 Å². The van der Waals surface area contributed by atoms with E-state index in [0.717, 1.165) is 11.3 Å². The maximum Gasteiger partial charge on any atom is 0.277 e. The molecule has 1 aliphatic rings. The fraction of sp³-hybridized carbons (Fsp3) is 0.280. The van der Waals surface area contributed by atoms with Gasteiger partial charge in [-0.2, -0.15) is 5.10 Å². The Morgan fingerprint density at radius 2 is 1.79 bits per heavy atom. The van der Waals surface area contributed by atoms with Gasteiger partial charge >= 0.3 is 0 Å². The summed E-state index contributed by atoms with van der Waals surface area (Å²) >= 11 is 0. The van der Waals surface area contributed by atoms with Crippen LogP contribution >= 0.6 is 0 Å². The van der Waals surface area contributed by atoms with E-state index in [1.807, 2.05) is 31.2 Å². The molecule has 1 aliphatic heterocycles. The lowest BCUT2D eigenvalue weighted by molar-refractivity contribution is -0.126. The quantitative estimate of drug-likeness (QED) is 0.587. The number of ether oxygens (including phenoxy) is 1. The van der Waals surface area contributed by atoms with E-state index in [4.69, 9.17) is 4.74 Å². The molecule has 9 heteroatoms. The number of aryl methyl sites for hydroxylation is 1. The summed E-state index contributed by atoms with van der Waals surface area (Å²) in [5.41, 5.74) is 1.95. The second kappa shape index (κ2) is 9.01. The lowest BCUT2D eigenvalue weighted by Crippen LogP contribution is -2.64. The molecular formula is C25H27N5O4. The number of hydrogen-bond acceptors (Lipinski definition) is 5. The van der Waals surface area contributed by atoms with Gasteiger partial charge in [0.05, 0.1) is 19.3 Å². The number of nitrogens with zero attached hydrogens (tertiary/aromatic N) is 3. The molecule has 2 heterocycles. The minimum Gasteiger partial charge on any atom is -0.497 e. The number of nitrogens with one attached hydrogen (secondary N) is 2. The summed E-state index contributed by atoms with van der Waals surface area (Å²) in [5.74, 6) is -0.0815. The van der Waals surface area contributed by atoms with Crippen molar-refractivity contribution in [2.75, 3.05) is 17.3 Å². The molecule has 176 valence electrons. The molecule has 34 heavy (non-hydrogen) atoms. The van der Waals surface area contributed by atoms with Crippen LogP contribution < -0.4 is 20.3 Å². The lowest BCUT2D eigenvalue weighted by atomic mass is 9.93. The van der Waals surface area contributed by atoms with E-state index in [0.29, 0.717) is 29.3 Å². The molecule has 0 spiro atoms. The molecule has 9 nitrogen and oxygen atoms in total. The van der Waals surface area contributed by atoms with Crippen LogP contribution in [0.25, 0.3) is 0 Å². The molecule has 0 fully saturated rings. The van der Waals surface area contributed by atoms with Crippen molar-refractivity contribution in [2.45, 2.75) is 39.4 Å².